The van der Waals surface area contributed by atoms with Gasteiger partial charge in [0.1, 0.15) is 0 Å². The average Bonchev–Trinajstić information content (AvgIpc) is 2.69. The van der Waals surface area contributed by atoms with Crippen LogP contribution in [0.5, 0.6) is 0 Å². The van der Waals surface area contributed by atoms with Crippen molar-refractivity contribution in [3.63, 3.8) is 0 Å². The summed E-state index contributed by atoms with van der Waals surface area (Å²) in [5.74, 6) is 0. The molecule has 22 heavy (non-hydrogen) atoms. The molecule has 0 bridgehead atoms. The average molecular weight is 320 g/mol. The van der Waals surface area contributed by atoms with Crippen LogP contribution in [0.1, 0.15) is 59.9 Å². The van der Waals surface area contributed by atoms with Gasteiger partial charge in [-0.1, -0.05) is 65.3 Å². The molecule has 0 spiro atoms. The van der Waals surface area contributed by atoms with Crippen LogP contribution in [0.25, 0.3) is 5.57 Å². The summed E-state index contributed by atoms with van der Waals surface area (Å²) < 4.78 is 0. The second-order valence-electron chi connectivity index (χ2n) is 5.10. The molecule has 0 saturated carbocycles. The molecule has 122 valence electrons. The first-order valence-electron chi connectivity index (χ1n) is 8.24. The predicted molar refractivity (Wildman–Crippen MR) is 101 cm³/mol. The molecule has 0 aliphatic heterocycles. The molecule has 1 aromatic heterocycles. The number of halogens is 1. The Morgan fingerprint density at radius 2 is 1.64 bits per heavy atom. The second kappa shape index (κ2) is 11.3. The van der Waals surface area contributed by atoms with E-state index < -0.39 is 4.87 Å². The molecule has 0 N–H and O–H groups in total. The molecule has 0 saturated heterocycles. The number of hydrogen-bond donors (Lipinski definition) is 0. The number of pyridine rings is 1. The summed E-state index contributed by atoms with van der Waals surface area (Å²) in [4.78, 5) is 3.62. The summed E-state index contributed by atoms with van der Waals surface area (Å²) in [6.45, 7) is 12.4. The third kappa shape index (κ3) is 7.61. The summed E-state index contributed by atoms with van der Waals surface area (Å²) in [6.07, 6.45) is 14.3. The molecular weight excluding hydrogens is 290 g/mol. The fraction of sp³-hybridized carbons (Fsp3) is 0.450. The molecule has 0 amide bonds. The Labute approximate surface area is 141 Å². The lowest BCUT2D eigenvalue weighted by atomic mass is 10.0. The van der Waals surface area contributed by atoms with Crippen molar-refractivity contribution in [3.8, 4) is 0 Å². The molecule has 2 rings (SSSR count). The normalized spacial score (nSPS) is 19.6. The quantitative estimate of drug-likeness (QED) is 0.545. The van der Waals surface area contributed by atoms with E-state index in [1.807, 2.05) is 39.0 Å². The third-order valence-corrected chi connectivity index (χ3v) is 3.06. The maximum Gasteiger partial charge on any atom is 0.0790 e. The molecule has 0 aromatic carbocycles. The van der Waals surface area contributed by atoms with Gasteiger partial charge >= 0.3 is 0 Å². The van der Waals surface area contributed by atoms with Gasteiger partial charge < -0.3 is 0 Å². The molecule has 1 atom stereocenters. The molecule has 1 aliphatic rings. The standard InChI is InChI=1S/C15H16ClN.C3H8.C2H6/c1-3-12-4-7-15(2,16)11-14(10-12)13-5-8-17-9-6-13;1-3-2;1-2/h4-11H,3H2,1-2H3;3H2,1-2H3;1-2H3. The first-order valence-corrected chi connectivity index (χ1v) is 8.62. The van der Waals surface area contributed by atoms with E-state index in [1.165, 1.54) is 12.0 Å². The smallest absolute Gasteiger partial charge is 0.0790 e. The fourth-order valence-electron chi connectivity index (χ4n) is 1.84. The Bertz CT molecular complexity index is 496. The first-order chi connectivity index (χ1) is 10.5. The van der Waals surface area contributed by atoms with Gasteiger partial charge in [-0.2, -0.15) is 0 Å². The highest BCUT2D eigenvalue weighted by Gasteiger charge is 2.17. The summed E-state index contributed by atoms with van der Waals surface area (Å²) in [6, 6.07) is 4.02. The predicted octanol–water partition coefficient (Wildman–Crippen LogP) is 6.81. The lowest BCUT2D eigenvalue weighted by molar-refractivity contribution is 0.992. The number of alkyl halides is 1. The molecule has 1 unspecified atom stereocenters. The van der Waals surface area contributed by atoms with Crippen LogP contribution >= 0.6 is 11.6 Å². The Balaban J connectivity index is 0.000000789. The van der Waals surface area contributed by atoms with Gasteiger partial charge in [-0.25, -0.2) is 0 Å². The topological polar surface area (TPSA) is 12.9 Å². The summed E-state index contributed by atoms with van der Waals surface area (Å²) in [5.41, 5.74) is 3.60. The highest BCUT2D eigenvalue weighted by atomic mass is 35.5. The van der Waals surface area contributed by atoms with Crippen LogP contribution < -0.4 is 0 Å². The Morgan fingerprint density at radius 1 is 1.09 bits per heavy atom. The zero-order valence-corrected chi connectivity index (χ0v) is 15.6. The fourth-order valence-corrected chi connectivity index (χ4v) is 2.02. The van der Waals surface area contributed by atoms with Gasteiger partial charge in [0.25, 0.3) is 0 Å². The van der Waals surface area contributed by atoms with E-state index >= 15 is 0 Å². The molecule has 1 nitrogen and oxygen atoms in total. The van der Waals surface area contributed by atoms with Crippen LogP contribution in [0, 0.1) is 0 Å². The minimum atomic E-state index is -0.425. The van der Waals surface area contributed by atoms with Crippen molar-refractivity contribution in [1.29, 1.82) is 0 Å². The molecule has 0 fully saturated rings. The minimum Gasteiger partial charge on any atom is -0.265 e. The van der Waals surface area contributed by atoms with E-state index in [0.29, 0.717) is 0 Å². The molecular formula is C20H30ClN. The maximum atomic E-state index is 6.43. The van der Waals surface area contributed by atoms with Gasteiger partial charge in [0, 0.05) is 12.4 Å². The van der Waals surface area contributed by atoms with Crippen LogP contribution in [0.3, 0.4) is 0 Å². The van der Waals surface area contributed by atoms with Crippen LogP contribution in [0.2, 0.25) is 0 Å². The van der Waals surface area contributed by atoms with Gasteiger partial charge in [-0.05, 0) is 42.2 Å². The van der Waals surface area contributed by atoms with E-state index in [4.69, 9.17) is 11.6 Å². The van der Waals surface area contributed by atoms with Crippen molar-refractivity contribution in [3.05, 3.63) is 60.0 Å². The first kappa shape index (κ1) is 20.7. The summed E-state index contributed by atoms with van der Waals surface area (Å²) >= 11 is 6.43. The SMILES string of the molecule is CC.CCC.CCC1=CC(c2ccncc2)=CC(C)(Cl)C=C1. The van der Waals surface area contributed by atoms with E-state index in [0.717, 1.165) is 17.6 Å². The Morgan fingerprint density at radius 3 is 2.14 bits per heavy atom. The van der Waals surface area contributed by atoms with Crippen LogP contribution in [-0.2, 0) is 0 Å². The lowest BCUT2D eigenvalue weighted by Gasteiger charge is -2.12. The third-order valence-electron chi connectivity index (χ3n) is 2.82. The van der Waals surface area contributed by atoms with Crippen molar-refractivity contribution < 1.29 is 0 Å². The van der Waals surface area contributed by atoms with E-state index in [-0.39, 0.29) is 0 Å². The van der Waals surface area contributed by atoms with Gasteiger partial charge in [-0.3, -0.25) is 4.98 Å². The van der Waals surface area contributed by atoms with Gasteiger partial charge in [-0.15, -0.1) is 11.6 Å². The molecule has 1 aromatic rings. The zero-order valence-electron chi connectivity index (χ0n) is 14.9. The van der Waals surface area contributed by atoms with Crippen LogP contribution in [-0.4, -0.2) is 9.86 Å². The number of allylic oxidation sites excluding steroid dienone is 6. The van der Waals surface area contributed by atoms with E-state index in [2.05, 4.69) is 44.0 Å². The van der Waals surface area contributed by atoms with Gasteiger partial charge in [0.15, 0.2) is 0 Å². The number of rotatable bonds is 2. The van der Waals surface area contributed by atoms with E-state index in [1.54, 1.807) is 12.4 Å². The number of hydrogen-bond acceptors (Lipinski definition) is 1. The maximum absolute atomic E-state index is 6.43. The van der Waals surface area contributed by atoms with Crippen molar-refractivity contribution in [1.82, 2.24) is 4.98 Å². The monoisotopic (exact) mass is 319 g/mol. The van der Waals surface area contributed by atoms with Crippen LogP contribution in [0.15, 0.2) is 54.4 Å². The second-order valence-corrected chi connectivity index (χ2v) is 5.91. The Hall–Kier alpha value is -1.34. The van der Waals surface area contributed by atoms with Crippen molar-refractivity contribution >= 4 is 17.2 Å². The molecule has 1 heterocycles. The number of aromatic nitrogens is 1. The summed E-state index contributed by atoms with van der Waals surface area (Å²) in [7, 11) is 0. The molecule has 0 radical (unpaired) electrons. The van der Waals surface area contributed by atoms with E-state index in [9.17, 15) is 0 Å². The molecule has 2 heteroatoms. The largest absolute Gasteiger partial charge is 0.265 e. The number of nitrogens with zero attached hydrogens (tertiary/aromatic N) is 1. The van der Waals surface area contributed by atoms with Gasteiger partial charge in [0.05, 0.1) is 4.87 Å². The summed E-state index contributed by atoms with van der Waals surface area (Å²) in [5, 5.41) is 0. The highest BCUT2D eigenvalue weighted by Crippen LogP contribution is 2.30. The Kier molecular flexibility index (Phi) is 10.6. The lowest BCUT2D eigenvalue weighted by Crippen LogP contribution is -2.07. The highest BCUT2D eigenvalue weighted by molar-refractivity contribution is 6.27. The minimum absolute atomic E-state index is 0.425. The zero-order chi connectivity index (χ0) is 17.0. The van der Waals surface area contributed by atoms with Crippen molar-refractivity contribution in [2.24, 2.45) is 0 Å². The van der Waals surface area contributed by atoms with Gasteiger partial charge in [0.2, 0.25) is 0 Å². The van der Waals surface area contributed by atoms with Crippen LogP contribution in [0.4, 0.5) is 0 Å². The van der Waals surface area contributed by atoms with Crippen molar-refractivity contribution in [2.75, 3.05) is 0 Å². The molecule has 1 aliphatic carbocycles. The van der Waals surface area contributed by atoms with Crippen molar-refractivity contribution in [2.45, 2.75) is 59.3 Å².